The lowest BCUT2D eigenvalue weighted by molar-refractivity contribution is -0.376. The van der Waals surface area contributed by atoms with Gasteiger partial charge < -0.3 is 10.0 Å². The number of alkyl halides is 6. The molecule has 0 saturated carbocycles. The summed E-state index contributed by atoms with van der Waals surface area (Å²) < 4.78 is 78.8. The zero-order valence-electron chi connectivity index (χ0n) is 18.8. The van der Waals surface area contributed by atoms with Gasteiger partial charge in [-0.05, 0) is 28.7 Å². The summed E-state index contributed by atoms with van der Waals surface area (Å²) in [6.07, 6.45) is -11.2. The van der Waals surface area contributed by atoms with E-state index in [4.69, 9.17) is 0 Å². The van der Waals surface area contributed by atoms with Crippen LogP contribution in [0.25, 0.3) is 11.1 Å². The van der Waals surface area contributed by atoms with Gasteiger partial charge in [-0.1, -0.05) is 49.4 Å². The maximum absolute atomic E-state index is 13.1. The molecule has 3 rings (SSSR count). The zero-order valence-corrected chi connectivity index (χ0v) is 18.8. The lowest BCUT2D eigenvalue weighted by Gasteiger charge is -2.34. The minimum absolute atomic E-state index is 0.0483. The molecule has 0 radical (unpaired) electrons. The SMILES string of the molecule is CCc1cc(CN2CCN(C(C)=O)CC2)ccc1-c1ccc(C(O)(C(F)(F)F)C(F)(F)F)cc1. The molecule has 1 fully saturated rings. The Morgan fingerprint density at radius 1 is 0.912 bits per heavy atom. The van der Waals surface area contributed by atoms with Crippen molar-refractivity contribution in [2.24, 2.45) is 0 Å². The van der Waals surface area contributed by atoms with Gasteiger partial charge in [0.1, 0.15) is 0 Å². The average Bonchev–Trinajstić information content (AvgIpc) is 2.77. The molecule has 1 aliphatic rings. The van der Waals surface area contributed by atoms with Gasteiger partial charge in [-0.2, -0.15) is 26.3 Å². The fraction of sp³-hybridized carbons (Fsp3) is 0.458. The Morgan fingerprint density at radius 3 is 1.94 bits per heavy atom. The number of carbonyl (C=O) groups is 1. The topological polar surface area (TPSA) is 43.8 Å². The van der Waals surface area contributed by atoms with Gasteiger partial charge >= 0.3 is 12.4 Å². The van der Waals surface area contributed by atoms with Gasteiger partial charge in [0.2, 0.25) is 5.91 Å². The minimum atomic E-state index is -5.92. The highest BCUT2D eigenvalue weighted by molar-refractivity contribution is 5.73. The summed E-state index contributed by atoms with van der Waals surface area (Å²) in [7, 11) is 0. The average molecular weight is 488 g/mol. The largest absolute Gasteiger partial charge is 0.430 e. The molecule has 0 bridgehead atoms. The number of aliphatic hydroxyl groups is 1. The molecule has 10 heteroatoms. The standard InChI is InChI=1S/C24H26F6N2O2/c1-3-18-14-17(15-31-10-12-32(13-11-31)16(2)33)4-9-21(18)19-5-7-20(8-6-19)22(34,23(25,26)27)24(28,29)30/h4-9,14,34H,3,10-13,15H2,1-2H3. The number of halogens is 6. The minimum Gasteiger partial charge on any atom is -0.369 e. The summed E-state index contributed by atoms with van der Waals surface area (Å²) in [6, 6.07) is 9.30. The summed E-state index contributed by atoms with van der Waals surface area (Å²) in [6.45, 7) is 6.92. The first-order valence-corrected chi connectivity index (χ1v) is 10.8. The van der Waals surface area contributed by atoms with Crippen LogP contribution in [0.1, 0.15) is 30.5 Å². The number of carbonyl (C=O) groups excluding carboxylic acids is 1. The lowest BCUT2D eigenvalue weighted by Crippen LogP contribution is -2.53. The van der Waals surface area contributed by atoms with Gasteiger partial charge in [0.25, 0.3) is 5.60 Å². The van der Waals surface area contributed by atoms with E-state index in [1.54, 1.807) is 17.9 Å². The molecule has 1 amide bonds. The first kappa shape index (κ1) is 26.0. The van der Waals surface area contributed by atoms with Crippen LogP contribution in [0, 0.1) is 0 Å². The first-order valence-electron chi connectivity index (χ1n) is 10.8. The Morgan fingerprint density at radius 2 is 1.47 bits per heavy atom. The Kier molecular flexibility index (Phi) is 7.33. The number of amides is 1. The second-order valence-electron chi connectivity index (χ2n) is 8.41. The van der Waals surface area contributed by atoms with Crippen molar-refractivity contribution < 1.29 is 36.2 Å². The summed E-state index contributed by atoms with van der Waals surface area (Å²) in [4.78, 5) is 15.5. The fourth-order valence-electron chi connectivity index (χ4n) is 4.18. The van der Waals surface area contributed by atoms with Crippen molar-refractivity contribution in [2.75, 3.05) is 26.2 Å². The number of aryl methyl sites for hydroxylation is 1. The molecule has 0 unspecified atom stereocenters. The van der Waals surface area contributed by atoms with E-state index in [0.29, 0.717) is 49.3 Å². The number of nitrogens with zero attached hydrogens (tertiary/aromatic N) is 2. The molecule has 2 aromatic carbocycles. The highest BCUT2D eigenvalue weighted by atomic mass is 19.4. The highest BCUT2D eigenvalue weighted by Crippen LogP contribution is 2.50. The van der Waals surface area contributed by atoms with Crippen molar-refractivity contribution in [3.8, 4) is 11.1 Å². The molecule has 1 heterocycles. The van der Waals surface area contributed by atoms with E-state index >= 15 is 0 Å². The van der Waals surface area contributed by atoms with Crippen LogP contribution >= 0.6 is 0 Å². The van der Waals surface area contributed by atoms with Crippen LogP contribution in [0.15, 0.2) is 42.5 Å². The van der Waals surface area contributed by atoms with E-state index in [0.717, 1.165) is 36.3 Å². The van der Waals surface area contributed by atoms with E-state index in [-0.39, 0.29) is 5.91 Å². The van der Waals surface area contributed by atoms with Crippen molar-refractivity contribution in [3.05, 3.63) is 59.2 Å². The third-order valence-electron chi connectivity index (χ3n) is 6.21. The number of rotatable bonds is 5. The van der Waals surface area contributed by atoms with Crippen LogP contribution in [0.4, 0.5) is 26.3 Å². The summed E-state index contributed by atoms with van der Waals surface area (Å²) in [5.74, 6) is 0.0483. The van der Waals surface area contributed by atoms with Crippen molar-refractivity contribution in [2.45, 2.75) is 44.8 Å². The van der Waals surface area contributed by atoms with Gasteiger partial charge in [-0.25, -0.2) is 0 Å². The molecule has 186 valence electrons. The molecule has 2 aromatic rings. The second-order valence-corrected chi connectivity index (χ2v) is 8.41. The fourth-order valence-corrected chi connectivity index (χ4v) is 4.18. The first-order chi connectivity index (χ1) is 15.8. The van der Waals surface area contributed by atoms with Gasteiger partial charge in [0, 0.05) is 45.2 Å². The predicted molar refractivity (Wildman–Crippen MR) is 115 cm³/mol. The molecule has 1 saturated heterocycles. The monoisotopic (exact) mass is 488 g/mol. The van der Waals surface area contributed by atoms with Crippen molar-refractivity contribution in [1.82, 2.24) is 9.80 Å². The van der Waals surface area contributed by atoms with E-state index in [1.165, 1.54) is 0 Å². The van der Waals surface area contributed by atoms with E-state index in [1.807, 2.05) is 19.1 Å². The van der Waals surface area contributed by atoms with Crippen LogP contribution in [0.2, 0.25) is 0 Å². The molecule has 0 aromatic heterocycles. The molecule has 1 aliphatic heterocycles. The number of hydrogen-bond donors (Lipinski definition) is 1. The van der Waals surface area contributed by atoms with Crippen LogP contribution in [-0.2, 0) is 23.4 Å². The normalized spacial score (nSPS) is 16.1. The van der Waals surface area contributed by atoms with Gasteiger partial charge in [0.05, 0.1) is 0 Å². The molecule has 34 heavy (non-hydrogen) atoms. The lowest BCUT2D eigenvalue weighted by atomic mass is 9.89. The van der Waals surface area contributed by atoms with Gasteiger partial charge in [-0.3, -0.25) is 9.69 Å². The third-order valence-corrected chi connectivity index (χ3v) is 6.21. The van der Waals surface area contributed by atoms with E-state index in [9.17, 15) is 36.2 Å². The number of hydrogen-bond acceptors (Lipinski definition) is 3. The molecule has 1 N–H and O–H groups in total. The molecule has 4 nitrogen and oxygen atoms in total. The number of piperazine rings is 1. The molecule has 0 spiro atoms. The van der Waals surface area contributed by atoms with Gasteiger partial charge in [0.15, 0.2) is 0 Å². The Balaban J connectivity index is 1.82. The van der Waals surface area contributed by atoms with Crippen molar-refractivity contribution in [3.63, 3.8) is 0 Å². The van der Waals surface area contributed by atoms with Crippen molar-refractivity contribution in [1.29, 1.82) is 0 Å². The Bertz CT molecular complexity index is 996. The summed E-state index contributed by atoms with van der Waals surface area (Å²) in [5, 5.41) is 9.58. The highest BCUT2D eigenvalue weighted by Gasteiger charge is 2.71. The molecule has 0 aliphatic carbocycles. The quantitative estimate of drug-likeness (QED) is 0.610. The van der Waals surface area contributed by atoms with E-state index < -0.39 is 23.5 Å². The Labute approximate surface area is 193 Å². The predicted octanol–water partition coefficient (Wildman–Crippen LogP) is 4.89. The van der Waals surface area contributed by atoms with E-state index in [2.05, 4.69) is 4.90 Å². The maximum atomic E-state index is 13.1. The Hall–Kier alpha value is -2.59. The molecule has 0 atom stereocenters. The number of benzene rings is 2. The summed E-state index contributed by atoms with van der Waals surface area (Å²) in [5.41, 5.74) is -3.15. The van der Waals surface area contributed by atoms with Crippen LogP contribution < -0.4 is 0 Å². The maximum Gasteiger partial charge on any atom is 0.430 e. The third kappa shape index (κ3) is 5.07. The van der Waals surface area contributed by atoms with Crippen molar-refractivity contribution >= 4 is 5.91 Å². The molecular formula is C24H26F6N2O2. The summed E-state index contributed by atoms with van der Waals surface area (Å²) >= 11 is 0. The zero-order chi connectivity index (χ0) is 25.3. The van der Waals surface area contributed by atoms with Crippen LogP contribution in [0.5, 0.6) is 0 Å². The second kappa shape index (κ2) is 9.58. The smallest absolute Gasteiger partial charge is 0.369 e. The van der Waals surface area contributed by atoms with Crippen LogP contribution in [0.3, 0.4) is 0 Å². The van der Waals surface area contributed by atoms with Gasteiger partial charge in [-0.15, -0.1) is 0 Å². The molecular weight excluding hydrogens is 462 g/mol. The van der Waals surface area contributed by atoms with Crippen LogP contribution in [-0.4, -0.2) is 59.3 Å².